The first-order chi connectivity index (χ1) is 10.7. The number of rotatable bonds is 5. The lowest BCUT2D eigenvalue weighted by atomic mass is 10.00. The minimum atomic E-state index is -0.772. The highest BCUT2D eigenvalue weighted by molar-refractivity contribution is 5.66. The topological polar surface area (TPSA) is 49.8 Å². The van der Waals surface area contributed by atoms with Crippen molar-refractivity contribution >= 4 is 6.09 Å². The van der Waals surface area contributed by atoms with Crippen molar-refractivity contribution in [1.82, 2.24) is 4.90 Å². The Labute approximate surface area is 132 Å². The van der Waals surface area contributed by atoms with Crippen molar-refractivity contribution in [1.29, 1.82) is 0 Å². The molecule has 2 aliphatic rings. The summed E-state index contributed by atoms with van der Waals surface area (Å²) < 4.78 is 6.10. The van der Waals surface area contributed by atoms with E-state index in [-0.39, 0.29) is 18.2 Å². The second-order valence-electron chi connectivity index (χ2n) is 6.53. The number of benzene rings is 1. The van der Waals surface area contributed by atoms with Gasteiger partial charge in [-0.3, -0.25) is 0 Å². The van der Waals surface area contributed by atoms with Gasteiger partial charge in [-0.1, -0.05) is 25.5 Å². The van der Waals surface area contributed by atoms with Crippen LogP contribution in [-0.2, 0) is 6.42 Å². The van der Waals surface area contributed by atoms with E-state index >= 15 is 0 Å². The molecule has 3 atom stereocenters. The first kappa shape index (κ1) is 15.2. The maximum Gasteiger partial charge on any atom is 0.407 e. The number of unbranched alkanes of at least 4 members (excludes halogenated alkanes) is 1. The van der Waals surface area contributed by atoms with E-state index in [0.29, 0.717) is 0 Å². The van der Waals surface area contributed by atoms with E-state index in [0.717, 1.165) is 37.9 Å². The Morgan fingerprint density at radius 2 is 1.86 bits per heavy atom. The number of carboxylic acid groups (broad SMARTS) is 1. The van der Waals surface area contributed by atoms with E-state index in [1.54, 1.807) is 4.90 Å². The molecule has 2 bridgehead atoms. The predicted octanol–water partition coefficient (Wildman–Crippen LogP) is 4.08. The normalized spacial score (nSPS) is 27.0. The minimum Gasteiger partial charge on any atom is -0.490 e. The number of carbonyl (C=O) groups is 1. The molecule has 0 aromatic heterocycles. The van der Waals surface area contributed by atoms with Crippen molar-refractivity contribution in [3.63, 3.8) is 0 Å². The predicted molar refractivity (Wildman–Crippen MR) is 85.4 cm³/mol. The fourth-order valence-electron chi connectivity index (χ4n) is 3.84. The van der Waals surface area contributed by atoms with Crippen LogP contribution in [0.2, 0.25) is 0 Å². The minimum absolute atomic E-state index is 0.144. The lowest BCUT2D eigenvalue weighted by Crippen LogP contribution is -2.48. The van der Waals surface area contributed by atoms with Crippen LogP contribution >= 0.6 is 0 Å². The fraction of sp³-hybridized carbons (Fsp3) is 0.611. The highest BCUT2D eigenvalue weighted by Gasteiger charge is 2.44. The monoisotopic (exact) mass is 303 g/mol. The van der Waals surface area contributed by atoms with Crippen LogP contribution in [0.5, 0.6) is 5.75 Å². The van der Waals surface area contributed by atoms with Crippen LogP contribution < -0.4 is 4.74 Å². The van der Waals surface area contributed by atoms with Gasteiger partial charge in [0.15, 0.2) is 0 Å². The zero-order valence-corrected chi connectivity index (χ0v) is 13.2. The number of ether oxygens (including phenoxy) is 1. The van der Waals surface area contributed by atoms with Crippen LogP contribution in [0.25, 0.3) is 0 Å². The zero-order valence-electron chi connectivity index (χ0n) is 13.2. The largest absolute Gasteiger partial charge is 0.490 e. The molecule has 0 aliphatic carbocycles. The van der Waals surface area contributed by atoms with Gasteiger partial charge in [-0.05, 0) is 43.4 Å². The molecule has 1 N–H and O–H groups in total. The highest BCUT2D eigenvalue weighted by Crippen LogP contribution is 2.37. The molecule has 2 heterocycles. The van der Waals surface area contributed by atoms with Gasteiger partial charge < -0.3 is 14.7 Å². The van der Waals surface area contributed by atoms with Gasteiger partial charge in [0, 0.05) is 24.9 Å². The lowest BCUT2D eigenvalue weighted by Gasteiger charge is -2.37. The van der Waals surface area contributed by atoms with E-state index < -0.39 is 6.09 Å². The molecule has 0 unspecified atom stereocenters. The van der Waals surface area contributed by atoms with E-state index in [1.807, 2.05) is 0 Å². The summed E-state index contributed by atoms with van der Waals surface area (Å²) in [5.41, 5.74) is 1.36. The Morgan fingerprint density at radius 3 is 2.41 bits per heavy atom. The van der Waals surface area contributed by atoms with Crippen molar-refractivity contribution in [2.45, 2.75) is 70.1 Å². The summed E-state index contributed by atoms with van der Waals surface area (Å²) in [6.45, 7) is 2.20. The molecule has 2 aliphatic heterocycles. The second-order valence-corrected chi connectivity index (χ2v) is 6.53. The highest BCUT2D eigenvalue weighted by atomic mass is 16.5. The van der Waals surface area contributed by atoms with Crippen LogP contribution in [0.4, 0.5) is 4.79 Å². The van der Waals surface area contributed by atoms with Crippen LogP contribution in [0, 0.1) is 0 Å². The van der Waals surface area contributed by atoms with Crippen molar-refractivity contribution < 1.29 is 14.6 Å². The van der Waals surface area contributed by atoms with Crippen LogP contribution in [-0.4, -0.2) is 34.3 Å². The van der Waals surface area contributed by atoms with Gasteiger partial charge in [0.25, 0.3) is 0 Å². The summed E-state index contributed by atoms with van der Waals surface area (Å²) >= 11 is 0. The van der Waals surface area contributed by atoms with Crippen molar-refractivity contribution in [3.05, 3.63) is 29.8 Å². The van der Waals surface area contributed by atoms with Gasteiger partial charge in [-0.15, -0.1) is 0 Å². The van der Waals surface area contributed by atoms with Gasteiger partial charge in [-0.2, -0.15) is 0 Å². The summed E-state index contributed by atoms with van der Waals surface area (Å²) in [6.07, 6.45) is 6.53. The van der Waals surface area contributed by atoms with Gasteiger partial charge in [-0.25, -0.2) is 4.79 Å². The Kier molecular flexibility index (Phi) is 4.55. The lowest BCUT2D eigenvalue weighted by molar-refractivity contribution is 0.0496. The van der Waals surface area contributed by atoms with E-state index in [2.05, 4.69) is 31.2 Å². The van der Waals surface area contributed by atoms with Crippen LogP contribution in [0.1, 0.15) is 51.0 Å². The number of fused-ring (bicyclic) bond motifs is 2. The number of hydrogen-bond acceptors (Lipinski definition) is 2. The SMILES string of the molecule is CCCCc1ccc(O[C@H]2C[C@H]3CC[C@@H](C2)N3C(=O)O)cc1. The Balaban J connectivity index is 1.57. The first-order valence-corrected chi connectivity index (χ1v) is 8.44. The Bertz CT molecular complexity index is 500. The molecule has 120 valence electrons. The van der Waals surface area contributed by atoms with Crippen LogP contribution in [0.3, 0.4) is 0 Å². The molecule has 1 aromatic carbocycles. The van der Waals surface area contributed by atoms with E-state index in [1.165, 1.54) is 18.4 Å². The number of hydrogen-bond donors (Lipinski definition) is 1. The van der Waals surface area contributed by atoms with Gasteiger partial charge >= 0.3 is 6.09 Å². The standard InChI is InChI=1S/C18H25NO3/c1-2-3-4-13-5-9-16(10-6-13)22-17-11-14-7-8-15(12-17)19(14)18(20)21/h5-6,9-10,14-15,17H,2-4,7-8,11-12H2,1H3,(H,20,21)/t14-,15+,17+. The third-order valence-corrected chi connectivity index (χ3v) is 4.96. The molecule has 4 nitrogen and oxygen atoms in total. The van der Waals surface area contributed by atoms with E-state index in [4.69, 9.17) is 4.74 Å². The number of nitrogens with zero attached hydrogens (tertiary/aromatic N) is 1. The molecule has 0 radical (unpaired) electrons. The maximum absolute atomic E-state index is 11.3. The van der Waals surface area contributed by atoms with E-state index in [9.17, 15) is 9.90 Å². The second kappa shape index (κ2) is 6.59. The molecular weight excluding hydrogens is 278 g/mol. The average molecular weight is 303 g/mol. The van der Waals surface area contributed by atoms with Crippen molar-refractivity contribution in [2.75, 3.05) is 0 Å². The summed E-state index contributed by atoms with van der Waals surface area (Å²) in [6, 6.07) is 8.68. The number of amides is 1. The van der Waals surface area contributed by atoms with Gasteiger partial charge in [0.2, 0.25) is 0 Å². The molecule has 1 amide bonds. The van der Waals surface area contributed by atoms with Crippen LogP contribution in [0.15, 0.2) is 24.3 Å². The smallest absolute Gasteiger partial charge is 0.407 e. The molecule has 0 spiro atoms. The molecule has 3 rings (SSSR count). The van der Waals surface area contributed by atoms with Crippen molar-refractivity contribution in [3.8, 4) is 5.75 Å². The molecule has 2 saturated heterocycles. The maximum atomic E-state index is 11.3. The number of aryl methyl sites for hydroxylation is 1. The summed E-state index contributed by atoms with van der Waals surface area (Å²) in [7, 11) is 0. The third kappa shape index (κ3) is 3.21. The Hall–Kier alpha value is -1.71. The molecular formula is C18H25NO3. The summed E-state index contributed by atoms with van der Waals surface area (Å²) in [5, 5.41) is 9.28. The zero-order chi connectivity index (χ0) is 15.5. The molecule has 1 aromatic rings. The molecule has 2 fully saturated rings. The Morgan fingerprint density at radius 1 is 1.23 bits per heavy atom. The molecule has 22 heavy (non-hydrogen) atoms. The fourth-order valence-corrected chi connectivity index (χ4v) is 3.84. The summed E-state index contributed by atoms with van der Waals surface area (Å²) in [5.74, 6) is 0.911. The van der Waals surface area contributed by atoms with Gasteiger partial charge in [0.1, 0.15) is 11.9 Å². The average Bonchev–Trinajstić information content (AvgIpc) is 2.79. The van der Waals surface area contributed by atoms with Crippen molar-refractivity contribution in [2.24, 2.45) is 0 Å². The molecule has 0 saturated carbocycles. The first-order valence-electron chi connectivity index (χ1n) is 8.44. The quantitative estimate of drug-likeness (QED) is 0.891. The third-order valence-electron chi connectivity index (χ3n) is 4.96. The van der Waals surface area contributed by atoms with Gasteiger partial charge in [0.05, 0.1) is 0 Å². The summed E-state index contributed by atoms with van der Waals surface area (Å²) in [4.78, 5) is 12.9. The number of piperidine rings is 1. The molecule has 4 heteroatoms.